The third-order valence-corrected chi connectivity index (χ3v) is 3.31. The van der Waals surface area contributed by atoms with E-state index in [1.807, 2.05) is 26.0 Å². The van der Waals surface area contributed by atoms with E-state index in [0.717, 1.165) is 16.4 Å². The summed E-state index contributed by atoms with van der Waals surface area (Å²) < 4.78 is 10.1. The third-order valence-electron chi connectivity index (χ3n) is 2.39. The summed E-state index contributed by atoms with van der Waals surface area (Å²) in [7, 11) is 1.35. The van der Waals surface area contributed by atoms with Gasteiger partial charge in [-0.15, -0.1) is 11.3 Å². The fourth-order valence-electron chi connectivity index (χ4n) is 1.50. The molecular formula is C12H14N2O3S. The molecule has 0 aliphatic rings. The molecule has 1 N–H and O–H groups in total. The van der Waals surface area contributed by atoms with Crippen LogP contribution in [0.3, 0.4) is 0 Å². The van der Waals surface area contributed by atoms with Crippen LogP contribution in [0.25, 0.3) is 0 Å². The quantitative estimate of drug-likeness (QED) is 0.862. The van der Waals surface area contributed by atoms with Gasteiger partial charge in [-0.3, -0.25) is 0 Å². The van der Waals surface area contributed by atoms with Gasteiger partial charge in [0, 0.05) is 4.88 Å². The average molecular weight is 266 g/mol. The van der Waals surface area contributed by atoms with Gasteiger partial charge in [0.15, 0.2) is 10.8 Å². The van der Waals surface area contributed by atoms with Crippen LogP contribution < -0.4 is 5.32 Å². The number of nitrogens with one attached hydrogen (secondary N) is 1. The van der Waals surface area contributed by atoms with Gasteiger partial charge < -0.3 is 14.5 Å². The van der Waals surface area contributed by atoms with Crippen molar-refractivity contribution in [1.29, 1.82) is 0 Å². The largest absolute Gasteiger partial charge is 0.465 e. The Hall–Kier alpha value is -1.82. The predicted molar refractivity (Wildman–Crippen MR) is 69.0 cm³/mol. The highest BCUT2D eigenvalue weighted by molar-refractivity contribution is 7.15. The summed E-state index contributed by atoms with van der Waals surface area (Å²) in [6, 6.07) is 3.81. The first-order valence-corrected chi connectivity index (χ1v) is 6.26. The van der Waals surface area contributed by atoms with Crippen molar-refractivity contribution < 1.29 is 13.9 Å². The lowest BCUT2D eigenvalue weighted by Crippen LogP contribution is -2.04. The molecule has 0 radical (unpaired) electrons. The van der Waals surface area contributed by atoms with E-state index in [9.17, 15) is 4.79 Å². The van der Waals surface area contributed by atoms with E-state index < -0.39 is 5.97 Å². The van der Waals surface area contributed by atoms with Gasteiger partial charge in [0.25, 0.3) is 0 Å². The molecule has 18 heavy (non-hydrogen) atoms. The predicted octanol–water partition coefficient (Wildman–Crippen LogP) is 2.75. The van der Waals surface area contributed by atoms with Gasteiger partial charge in [0.1, 0.15) is 11.5 Å². The normalized spacial score (nSPS) is 10.4. The lowest BCUT2D eigenvalue weighted by Gasteiger charge is -1.98. The van der Waals surface area contributed by atoms with Crippen LogP contribution in [0.15, 0.2) is 16.5 Å². The van der Waals surface area contributed by atoms with Crippen molar-refractivity contribution in [2.45, 2.75) is 20.4 Å². The Morgan fingerprint density at radius 1 is 1.50 bits per heavy atom. The summed E-state index contributed by atoms with van der Waals surface area (Å²) in [6.07, 6.45) is 0. The number of methoxy groups -OCH3 is 1. The number of nitrogens with zero attached hydrogens (tertiary/aromatic N) is 1. The number of carbonyl (C=O) groups is 1. The van der Waals surface area contributed by atoms with Gasteiger partial charge >= 0.3 is 5.97 Å². The fraction of sp³-hybridized carbons (Fsp3) is 0.333. The average Bonchev–Trinajstić information content (AvgIpc) is 2.92. The Bertz CT molecular complexity index is 559. The maximum atomic E-state index is 11.4. The van der Waals surface area contributed by atoms with E-state index in [1.54, 1.807) is 0 Å². The number of esters is 1. The molecule has 0 saturated heterocycles. The monoisotopic (exact) mass is 266 g/mol. The molecule has 5 nitrogen and oxygen atoms in total. The SMILES string of the molecule is COC(=O)c1nc(NCc2ccc(C)o2)sc1C. The van der Waals surface area contributed by atoms with Crippen LogP contribution >= 0.6 is 11.3 Å². The molecule has 2 aromatic rings. The topological polar surface area (TPSA) is 64.4 Å². The van der Waals surface area contributed by atoms with Crippen molar-refractivity contribution in [2.24, 2.45) is 0 Å². The number of ether oxygens (including phenoxy) is 1. The van der Waals surface area contributed by atoms with Gasteiger partial charge in [-0.05, 0) is 26.0 Å². The van der Waals surface area contributed by atoms with Crippen LogP contribution in [0.4, 0.5) is 5.13 Å². The van der Waals surface area contributed by atoms with Gasteiger partial charge in [0.05, 0.1) is 13.7 Å². The van der Waals surface area contributed by atoms with Crippen LogP contribution in [0, 0.1) is 13.8 Å². The highest BCUT2D eigenvalue weighted by atomic mass is 32.1. The number of anilines is 1. The van der Waals surface area contributed by atoms with E-state index >= 15 is 0 Å². The lowest BCUT2D eigenvalue weighted by atomic mass is 10.4. The molecule has 0 aromatic carbocycles. The Balaban J connectivity index is 2.04. The maximum Gasteiger partial charge on any atom is 0.357 e. The summed E-state index contributed by atoms with van der Waals surface area (Å²) in [5.74, 6) is 1.29. The molecule has 6 heteroatoms. The summed E-state index contributed by atoms with van der Waals surface area (Å²) >= 11 is 1.42. The molecular weight excluding hydrogens is 252 g/mol. The number of aryl methyl sites for hydroxylation is 2. The molecule has 0 aliphatic heterocycles. The Labute approximate surface area is 109 Å². The zero-order valence-corrected chi connectivity index (χ0v) is 11.3. The van der Waals surface area contributed by atoms with E-state index in [2.05, 4.69) is 15.0 Å². The van der Waals surface area contributed by atoms with Crippen LogP contribution in [-0.4, -0.2) is 18.1 Å². The van der Waals surface area contributed by atoms with Crippen LogP contribution in [0.2, 0.25) is 0 Å². The van der Waals surface area contributed by atoms with Crippen molar-refractivity contribution in [2.75, 3.05) is 12.4 Å². The Morgan fingerprint density at radius 3 is 2.89 bits per heavy atom. The molecule has 0 saturated carbocycles. The summed E-state index contributed by atoms with van der Waals surface area (Å²) in [4.78, 5) is 16.4. The first-order valence-electron chi connectivity index (χ1n) is 5.45. The fourth-order valence-corrected chi connectivity index (χ4v) is 2.30. The number of carbonyl (C=O) groups excluding carboxylic acids is 1. The Morgan fingerprint density at radius 2 is 2.28 bits per heavy atom. The zero-order chi connectivity index (χ0) is 13.1. The van der Waals surface area contributed by atoms with E-state index in [1.165, 1.54) is 18.4 Å². The summed E-state index contributed by atoms with van der Waals surface area (Å²) in [5, 5.41) is 3.80. The van der Waals surface area contributed by atoms with Crippen LogP contribution in [0.1, 0.15) is 26.9 Å². The number of hydrogen-bond acceptors (Lipinski definition) is 6. The molecule has 2 heterocycles. The second kappa shape index (κ2) is 5.22. The van der Waals surface area contributed by atoms with Crippen molar-refractivity contribution in [3.05, 3.63) is 34.2 Å². The maximum absolute atomic E-state index is 11.4. The number of rotatable bonds is 4. The molecule has 0 unspecified atom stereocenters. The summed E-state index contributed by atoms with van der Waals surface area (Å²) in [5.41, 5.74) is 0.362. The number of hydrogen-bond donors (Lipinski definition) is 1. The highest BCUT2D eigenvalue weighted by Crippen LogP contribution is 2.23. The van der Waals surface area contributed by atoms with E-state index in [4.69, 9.17) is 4.42 Å². The van der Waals surface area contributed by atoms with Crippen LogP contribution in [-0.2, 0) is 11.3 Å². The third kappa shape index (κ3) is 2.70. The number of thiazole rings is 1. The van der Waals surface area contributed by atoms with Gasteiger partial charge in [0.2, 0.25) is 0 Å². The molecule has 96 valence electrons. The first-order chi connectivity index (χ1) is 8.60. The molecule has 0 bridgehead atoms. The van der Waals surface area contributed by atoms with Gasteiger partial charge in [-0.2, -0.15) is 0 Å². The van der Waals surface area contributed by atoms with Crippen molar-refractivity contribution in [3.63, 3.8) is 0 Å². The van der Waals surface area contributed by atoms with Gasteiger partial charge in [-0.1, -0.05) is 0 Å². The standard InChI is InChI=1S/C12H14N2O3S/c1-7-4-5-9(17-7)6-13-12-14-10(8(2)18-12)11(15)16-3/h4-5H,6H2,1-3H3,(H,13,14). The minimum absolute atomic E-state index is 0.362. The first kappa shape index (κ1) is 12.6. The van der Waals surface area contributed by atoms with Gasteiger partial charge in [-0.25, -0.2) is 9.78 Å². The number of furan rings is 1. The lowest BCUT2D eigenvalue weighted by molar-refractivity contribution is 0.0594. The second-order valence-electron chi connectivity index (χ2n) is 3.78. The minimum Gasteiger partial charge on any atom is -0.465 e. The second-order valence-corrected chi connectivity index (χ2v) is 4.98. The molecule has 0 fully saturated rings. The molecule has 2 aromatic heterocycles. The summed E-state index contributed by atoms with van der Waals surface area (Å²) in [6.45, 7) is 4.28. The zero-order valence-electron chi connectivity index (χ0n) is 10.4. The highest BCUT2D eigenvalue weighted by Gasteiger charge is 2.15. The molecule has 0 aliphatic carbocycles. The van der Waals surface area contributed by atoms with E-state index in [-0.39, 0.29) is 0 Å². The van der Waals surface area contributed by atoms with Crippen molar-refractivity contribution in [1.82, 2.24) is 4.98 Å². The van der Waals surface area contributed by atoms with E-state index in [0.29, 0.717) is 17.4 Å². The number of aromatic nitrogens is 1. The molecule has 0 atom stereocenters. The molecule has 0 amide bonds. The molecule has 0 spiro atoms. The van der Waals surface area contributed by atoms with Crippen molar-refractivity contribution in [3.8, 4) is 0 Å². The molecule has 2 rings (SSSR count). The minimum atomic E-state index is -0.411. The Kier molecular flexibility index (Phi) is 3.66. The van der Waals surface area contributed by atoms with Crippen LogP contribution in [0.5, 0.6) is 0 Å². The smallest absolute Gasteiger partial charge is 0.357 e. The van der Waals surface area contributed by atoms with Crippen molar-refractivity contribution >= 4 is 22.4 Å².